The molecule has 0 unspecified atom stereocenters. The smallest absolute Gasteiger partial charge is 0.159 e. The second-order valence-electron chi connectivity index (χ2n) is 5.55. The van der Waals surface area contributed by atoms with Gasteiger partial charge in [0.1, 0.15) is 5.75 Å². The average molecular weight is 312 g/mol. The van der Waals surface area contributed by atoms with Crippen molar-refractivity contribution in [2.75, 3.05) is 7.11 Å². The lowest BCUT2D eigenvalue weighted by Crippen LogP contribution is -1.85. The molecule has 116 valence electrons. The number of benzene rings is 3. The monoisotopic (exact) mass is 312 g/mol. The Labute approximate surface area is 140 Å². The number of methoxy groups -OCH3 is 1. The Bertz CT molecular complexity index is 1040. The summed E-state index contributed by atoms with van der Waals surface area (Å²) >= 11 is 0. The number of pyridine rings is 1. The molecule has 0 atom stereocenters. The molecule has 0 saturated heterocycles. The summed E-state index contributed by atoms with van der Waals surface area (Å²) in [4.78, 5) is 9.03. The third kappa shape index (κ3) is 2.61. The molecule has 0 aliphatic carbocycles. The Morgan fingerprint density at radius 3 is 2.50 bits per heavy atom. The Kier molecular flexibility index (Phi) is 3.67. The number of aliphatic imine (C=N–C) groups is 1. The summed E-state index contributed by atoms with van der Waals surface area (Å²) in [7, 11) is 1.66. The Morgan fingerprint density at radius 1 is 0.833 bits per heavy atom. The SMILES string of the molecule is COc1ccc(C=Nc2nccc3c2ccc2ccccc23)cc1. The molecule has 0 N–H and O–H groups in total. The van der Waals surface area contributed by atoms with Gasteiger partial charge >= 0.3 is 0 Å². The second kappa shape index (κ2) is 6.13. The summed E-state index contributed by atoms with van der Waals surface area (Å²) < 4.78 is 5.17. The highest BCUT2D eigenvalue weighted by Gasteiger charge is 2.04. The maximum absolute atomic E-state index is 5.17. The van der Waals surface area contributed by atoms with E-state index in [1.54, 1.807) is 7.11 Å². The van der Waals surface area contributed by atoms with E-state index in [0.717, 1.165) is 22.5 Å². The minimum Gasteiger partial charge on any atom is -0.497 e. The van der Waals surface area contributed by atoms with Crippen LogP contribution in [0.25, 0.3) is 21.5 Å². The molecular formula is C21H16N2O. The Hall–Kier alpha value is -3.20. The van der Waals surface area contributed by atoms with Gasteiger partial charge in [0, 0.05) is 17.8 Å². The van der Waals surface area contributed by atoms with Crippen molar-refractivity contribution in [3.8, 4) is 5.75 Å². The van der Waals surface area contributed by atoms with Crippen LogP contribution >= 0.6 is 0 Å². The molecule has 1 aromatic heterocycles. The molecule has 4 aromatic rings. The highest BCUT2D eigenvalue weighted by molar-refractivity contribution is 6.10. The first-order chi connectivity index (χ1) is 11.8. The van der Waals surface area contributed by atoms with E-state index in [4.69, 9.17) is 4.74 Å². The fourth-order valence-corrected chi connectivity index (χ4v) is 2.85. The molecule has 1 heterocycles. The van der Waals surface area contributed by atoms with Crippen LogP contribution in [0, 0.1) is 0 Å². The summed E-state index contributed by atoms with van der Waals surface area (Å²) in [5.74, 6) is 1.57. The van der Waals surface area contributed by atoms with Crippen LogP contribution < -0.4 is 4.74 Å². The zero-order valence-electron chi connectivity index (χ0n) is 13.3. The molecule has 0 bridgehead atoms. The largest absolute Gasteiger partial charge is 0.497 e. The Balaban J connectivity index is 1.78. The van der Waals surface area contributed by atoms with Gasteiger partial charge in [-0.15, -0.1) is 0 Å². The zero-order chi connectivity index (χ0) is 16.4. The molecule has 0 spiro atoms. The maximum Gasteiger partial charge on any atom is 0.159 e. The number of fused-ring (bicyclic) bond motifs is 3. The predicted molar refractivity (Wildman–Crippen MR) is 99.5 cm³/mol. The van der Waals surface area contributed by atoms with Crippen LogP contribution in [0.3, 0.4) is 0 Å². The van der Waals surface area contributed by atoms with Crippen molar-refractivity contribution in [2.45, 2.75) is 0 Å². The van der Waals surface area contributed by atoms with Crippen LogP contribution in [0.1, 0.15) is 5.56 Å². The van der Waals surface area contributed by atoms with Gasteiger partial charge in [0.2, 0.25) is 0 Å². The van der Waals surface area contributed by atoms with E-state index < -0.39 is 0 Å². The third-order valence-corrected chi connectivity index (χ3v) is 4.10. The van der Waals surface area contributed by atoms with Gasteiger partial charge in [-0.2, -0.15) is 0 Å². The summed E-state index contributed by atoms with van der Waals surface area (Å²) in [5.41, 5.74) is 1.01. The number of rotatable bonds is 3. The van der Waals surface area contributed by atoms with Crippen LogP contribution in [0.2, 0.25) is 0 Å². The fraction of sp³-hybridized carbons (Fsp3) is 0.0476. The maximum atomic E-state index is 5.17. The number of aromatic nitrogens is 1. The summed E-state index contributed by atoms with van der Waals surface area (Å²) in [5, 5.41) is 4.67. The average Bonchev–Trinajstić information content (AvgIpc) is 2.66. The lowest BCUT2D eigenvalue weighted by atomic mass is 10.0. The second-order valence-corrected chi connectivity index (χ2v) is 5.55. The van der Waals surface area contributed by atoms with Gasteiger partial charge in [0.15, 0.2) is 5.82 Å². The Morgan fingerprint density at radius 2 is 1.67 bits per heavy atom. The number of ether oxygens (including phenoxy) is 1. The molecule has 3 heteroatoms. The summed E-state index contributed by atoms with van der Waals surface area (Å²) in [6, 6.07) is 22.4. The van der Waals surface area contributed by atoms with Gasteiger partial charge in [0.25, 0.3) is 0 Å². The van der Waals surface area contributed by atoms with E-state index in [0.29, 0.717) is 0 Å². The molecular weight excluding hydrogens is 296 g/mol. The van der Waals surface area contributed by atoms with E-state index in [1.165, 1.54) is 16.2 Å². The first kappa shape index (κ1) is 14.4. The van der Waals surface area contributed by atoms with Gasteiger partial charge in [-0.25, -0.2) is 9.98 Å². The topological polar surface area (TPSA) is 34.5 Å². The highest BCUT2D eigenvalue weighted by Crippen LogP contribution is 2.30. The molecule has 0 aliphatic rings. The normalized spacial score (nSPS) is 11.4. The van der Waals surface area contributed by atoms with Crippen LogP contribution in [-0.4, -0.2) is 18.3 Å². The molecule has 0 radical (unpaired) electrons. The van der Waals surface area contributed by atoms with Crippen LogP contribution in [-0.2, 0) is 0 Å². The van der Waals surface area contributed by atoms with Gasteiger partial charge < -0.3 is 4.74 Å². The van der Waals surface area contributed by atoms with E-state index in [9.17, 15) is 0 Å². The van der Waals surface area contributed by atoms with Crippen molar-refractivity contribution in [3.63, 3.8) is 0 Å². The molecule has 0 fully saturated rings. The number of hydrogen-bond acceptors (Lipinski definition) is 3. The van der Waals surface area contributed by atoms with Crippen molar-refractivity contribution in [1.82, 2.24) is 4.98 Å². The minimum absolute atomic E-state index is 0.731. The van der Waals surface area contributed by atoms with E-state index in [2.05, 4.69) is 46.4 Å². The fourth-order valence-electron chi connectivity index (χ4n) is 2.85. The van der Waals surface area contributed by atoms with Crippen LogP contribution in [0.15, 0.2) is 77.9 Å². The lowest BCUT2D eigenvalue weighted by molar-refractivity contribution is 0.415. The van der Waals surface area contributed by atoms with Crippen molar-refractivity contribution in [3.05, 3.63) is 78.5 Å². The molecule has 0 saturated carbocycles. The third-order valence-electron chi connectivity index (χ3n) is 4.10. The van der Waals surface area contributed by atoms with Crippen LogP contribution in [0.5, 0.6) is 5.75 Å². The molecule has 0 amide bonds. The quantitative estimate of drug-likeness (QED) is 0.387. The lowest BCUT2D eigenvalue weighted by Gasteiger charge is -2.05. The van der Waals surface area contributed by atoms with Crippen LogP contribution in [0.4, 0.5) is 5.82 Å². The van der Waals surface area contributed by atoms with Crippen molar-refractivity contribution in [1.29, 1.82) is 0 Å². The van der Waals surface area contributed by atoms with Gasteiger partial charge in [-0.3, -0.25) is 0 Å². The zero-order valence-corrected chi connectivity index (χ0v) is 13.3. The van der Waals surface area contributed by atoms with Gasteiger partial charge in [-0.05, 0) is 58.1 Å². The van der Waals surface area contributed by atoms with Crippen molar-refractivity contribution in [2.24, 2.45) is 4.99 Å². The minimum atomic E-state index is 0.731. The summed E-state index contributed by atoms with van der Waals surface area (Å²) in [6.45, 7) is 0. The number of nitrogens with zero attached hydrogens (tertiary/aromatic N) is 2. The molecule has 3 nitrogen and oxygen atoms in total. The van der Waals surface area contributed by atoms with Crippen molar-refractivity contribution >= 4 is 33.6 Å². The van der Waals surface area contributed by atoms with Gasteiger partial charge in [-0.1, -0.05) is 30.3 Å². The molecule has 4 rings (SSSR count). The molecule has 0 aliphatic heterocycles. The van der Waals surface area contributed by atoms with E-state index in [1.807, 2.05) is 42.7 Å². The van der Waals surface area contributed by atoms with Gasteiger partial charge in [0.05, 0.1) is 7.11 Å². The number of hydrogen-bond donors (Lipinski definition) is 0. The van der Waals surface area contributed by atoms with E-state index in [-0.39, 0.29) is 0 Å². The molecule has 24 heavy (non-hydrogen) atoms. The van der Waals surface area contributed by atoms with E-state index >= 15 is 0 Å². The predicted octanol–water partition coefficient (Wildman–Crippen LogP) is 5.15. The summed E-state index contributed by atoms with van der Waals surface area (Å²) in [6.07, 6.45) is 3.64. The highest BCUT2D eigenvalue weighted by atomic mass is 16.5. The van der Waals surface area contributed by atoms with Crippen molar-refractivity contribution < 1.29 is 4.74 Å². The molecule has 3 aromatic carbocycles. The first-order valence-corrected chi connectivity index (χ1v) is 7.80. The first-order valence-electron chi connectivity index (χ1n) is 7.80. The standard InChI is InChI=1S/C21H16N2O/c1-24-17-9-6-15(7-10-17)14-23-21-20-11-8-16-4-2-3-5-18(16)19(20)12-13-22-21/h2-14H,1H3.